The van der Waals surface area contributed by atoms with Gasteiger partial charge in [-0.05, 0) is 38.5 Å². The minimum atomic E-state index is -0.954. The van der Waals surface area contributed by atoms with E-state index in [0.29, 0.717) is 6.42 Å². The molecule has 0 fully saturated rings. The van der Waals surface area contributed by atoms with Gasteiger partial charge in [0.1, 0.15) is 0 Å². The van der Waals surface area contributed by atoms with Gasteiger partial charge in [0.15, 0.2) is 0 Å². The van der Waals surface area contributed by atoms with Gasteiger partial charge in [-0.25, -0.2) is 0 Å². The van der Waals surface area contributed by atoms with Crippen molar-refractivity contribution >= 4 is 5.97 Å². The maximum atomic E-state index is 10.2. The molecular weight excluding hydrogens is 303 g/mol. The third-order valence-corrected chi connectivity index (χ3v) is 3.09. The molecule has 3 nitrogen and oxygen atoms in total. The molecule has 0 aliphatic carbocycles. The first-order valence-electron chi connectivity index (χ1n) is 8.03. The number of carboxylic acid groups (broad SMARTS) is 1. The predicted octanol–water partition coefficient (Wildman–Crippen LogP) is 0.301. The summed E-state index contributed by atoms with van der Waals surface area (Å²) in [7, 11) is 0. The summed E-state index contributed by atoms with van der Waals surface area (Å²) in [5.41, 5.74) is 0. The fourth-order valence-corrected chi connectivity index (χ4v) is 1.92. The van der Waals surface area contributed by atoms with Crippen molar-refractivity contribution in [2.75, 3.05) is 0 Å². The molecule has 1 unspecified atom stereocenters. The van der Waals surface area contributed by atoms with Gasteiger partial charge in [0.05, 0.1) is 6.10 Å². The van der Waals surface area contributed by atoms with E-state index in [-0.39, 0.29) is 57.8 Å². The van der Waals surface area contributed by atoms with Gasteiger partial charge in [-0.3, -0.25) is 0 Å². The van der Waals surface area contributed by atoms with E-state index in [1.165, 1.54) is 0 Å². The van der Waals surface area contributed by atoms with Crippen LogP contribution in [0, 0.1) is 0 Å². The first kappa shape index (κ1) is 24.5. The Kier molecular flexibility index (Phi) is 21.6. The molecule has 0 aliphatic rings. The number of aliphatic carboxylic acids is 1. The molecule has 1 N–H and O–H groups in total. The van der Waals surface area contributed by atoms with E-state index in [2.05, 4.69) is 19.1 Å². The second-order valence-electron chi connectivity index (χ2n) is 5.14. The van der Waals surface area contributed by atoms with Gasteiger partial charge in [-0.2, -0.15) is 0 Å². The number of carbonyl (C=O) groups excluding carboxylic acids is 1. The van der Waals surface area contributed by atoms with E-state index in [9.17, 15) is 15.0 Å². The molecule has 0 amide bonds. The number of allylic oxidation sites excluding steroid dienone is 4. The standard InChI is InChI=1S/C18H30O3.K/c1-2-3-4-8-11-14-17(19)15-12-9-6-5-7-10-13-16-18(20)21;/h3-4,11-12,14-15,17,19H,2,5-10,13,16H2,1H3,(H,20,21);/q;+1/p-1/b4-3-,14-11-,15-12-;. The topological polar surface area (TPSA) is 60.4 Å². The molecule has 0 bridgehead atoms. The van der Waals surface area contributed by atoms with Gasteiger partial charge in [-0.1, -0.05) is 62.6 Å². The summed E-state index contributed by atoms with van der Waals surface area (Å²) in [6.07, 6.45) is 19.3. The summed E-state index contributed by atoms with van der Waals surface area (Å²) in [6.45, 7) is 2.10. The van der Waals surface area contributed by atoms with Gasteiger partial charge in [0.2, 0.25) is 0 Å². The van der Waals surface area contributed by atoms with Crippen LogP contribution in [0.25, 0.3) is 0 Å². The normalized spacial score (nSPS) is 13.0. The molecule has 0 aliphatic heterocycles. The Labute approximate surface area is 178 Å². The first-order valence-corrected chi connectivity index (χ1v) is 8.03. The van der Waals surface area contributed by atoms with Crippen molar-refractivity contribution in [2.45, 2.75) is 70.8 Å². The molecule has 0 aromatic rings. The molecule has 0 saturated heterocycles. The monoisotopic (exact) mass is 332 g/mol. The fourth-order valence-electron chi connectivity index (χ4n) is 1.92. The summed E-state index contributed by atoms with van der Waals surface area (Å²) in [6, 6.07) is 0. The summed E-state index contributed by atoms with van der Waals surface area (Å²) >= 11 is 0. The number of carboxylic acids is 1. The summed E-state index contributed by atoms with van der Waals surface area (Å²) in [5, 5.41) is 19.9. The quantitative estimate of drug-likeness (QED) is 0.300. The van der Waals surface area contributed by atoms with Gasteiger partial charge in [0.25, 0.3) is 0 Å². The van der Waals surface area contributed by atoms with E-state index in [1.807, 2.05) is 18.2 Å². The molecule has 0 heterocycles. The van der Waals surface area contributed by atoms with Crippen molar-refractivity contribution in [1.82, 2.24) is 0 Å². The predicted molar refractivity (Wildman–Crippen MR) is 85.7 cm³/mol. The van der Waals surface area contributed by atoms with Crippen LogP contribution in [-0.4, -0.2) is 17.2 Å². The Balaban J connectivity index is 0. The largest absolute Gasteiger partial charge is 1.00 e. The molecule has 120 valence electrons. The molecule has 0 aromatic carbocycles. The van der Waals surface area contributed by atoms with Crippen LogP contribution in [0.4, 0.5) is 0 Å². The van der Waals surface area contributed by atoms with Crippen molar-refractivity contribution in [3.63, 3.8) is 0 Å². The number of rotatable bonds is 13. The van der Waals surface area contributed by atoms with Crippen LogP contribution in [0.15, 0.2) is 36.5 Å². The van der Waals surface area contributed by atoms with Crippen molar-refractivity contribution in [3.8, 4) is 0 Å². The Morgan fingerprint density at radius 1 is 1.00 bits per heavy atom. The SMILES string of the molecule is CC/C=C\C/C=C\C(O)/C=C\CCCCCCCC(=O)[O-].[K+]. The number of carbonyl (C=O) groups is 1. The molecular formula is C18H29KO3. The van der Waals surface area contributed by atoms with E-state index in [4.69, 9.17) is 0 Å². The third kappa shape index (κ3) is 20.3. The number of unbranched alkanes of at least 4 members (excludes halogenated alkanes) is 5. The number of hydrogen-bond donors (Lipinski definition) is 1. The van der Waals surface area contributed by atoms with E-state index < -0.39 is 12.1 Å². The number of aliphatic hydroxyl groups is 1. The molecule has 22 heavy (non-hydrogen) atoms. The van der Waals surface area contributed by atoms with Crippen LogP contribution in [-0.2, 0) is 4.79 Å². The van der Waals surface area contributed by atoms with Crippen molar-refractivity contribution in [3.05, 3.63) is 36.5 Å². The minimum Gasteiger partial charge on any atom is -0.550 e. The molecule has 0 radical (unpaired) electrons. The van der Waals surface area contributed by atoms with Crippen LogP contribution in [0.2, 0.25) is 0 Å². The number of hydrogen-bond acceptors (Lipinski definition) is 3. The van der Waals surface area contributed by atoms with Crippen LogP contribution in [0.3, 0.4) is 0 Å². The summed E-state index contributed by atoms with van der Waals surface area (Å²) < 4.78 is 0. The third-order valence-electron chi connectivity index (χ3n) is 3.09. The average Bonchev–Trinajstić information content (AvgIpc) is 2.45. The zero-order chi connectivity index (χ0) is 15.8. The average molecular weight is 333 g/mol. The number of aliphatic hydroxyl groups excluding tert-OH is 1. The Bertz CT molecular complexity index is 335. The second-order valence-corrected chi connectivity index (χ2v) is 5.14. The van der Waals surface area contributed by atoms with Crippen LogP contribution < -0.4 is 56.5 Å². The van der Waals surface area contributed by atoms with Gasteiger partial charge < -0.3 is 15.0 Å². The zero-order valence-corrected chi connectivity index (χ0v) is 17.3. The molecule has 0 aromatic heterocycles. The summed E-state index contributed by atoms with van der Waals surface area (Å²) in [5.74, 6) is -0.954. The maximum absolute atomic E-state index is 10.2. The zero-order valence-electron chi connectivity index (χ0n) is 14.2. The Hall–Kier alpha value is 0.286. The maximum Gasteiger partial charge on any atom is 1.00 e. The van der Waals surface area contributed by atoms with Crippen molar-refractivity contribution in [1.29, 1.82) is 0 Å². The van der Waals surface area contributed by atoms with Gasteiger partial charge >= 0.3 is 51.4 Å². The molecule has 4 heteroatoms. The summed E-state index contributed by atoms with van der Waals surface area (Å²) in [4.78, 5) is 10.2. The van der Waals surface area contributed by atoms with Gasteiger partial charge in [-0.15, -0.1) is 0 Å². The van der Waals surface area contributed by atoms with Crippen LogP contribution in [0.1, 0.15) is 64.7 Å². The van der Waals surface area contributed by atoms with Gasteiger partial charge in [0, 0.05) is 5.97 Å². The second kappa shape index (κ2) is 19.3. The van der Waals surface area contributed by atoms with Crippen molar-refractivity contribution in [2.24, 2.45) is 0 Å². The van der Waals surface area contributed by atoms with Crippen molar-refractivity contribution < 1.29 is 66.4 Å². The van der Waals surface area contributed by atoms with Crippen LogP contribution >= 0.6 is 0 Å². The molecule has 0 saturated carbocycles. The smallest absolute Gasteiger partial charge is 0.550 e. The van der Waals surface area contributed by atoms with E-state index in [1.54, 1.807) is 6.08 Å². The first-order chi connectivity index (χ1) is 10.2. The minimum absolute atomic E-state index is 0. The molecule has 0 spiro atoms. The Morgan fingerprint density at radius 3 is 2.32 bits per heavy atom. The molecule has 1 atom stereocenters. The molecule has 0 rings (SSSR count). The fraction of sp³-hybridized carbons (Fsp3) is 0.611. The van der Waals surface area contributed by atoms with Crippen LogP contribution in [0.5, 0.6) is 0 Å². The Morgan fingerprint density at radius 2 is 1.64 bits per heavy atom. The van der Waals surface area contributed by atoms with E-state index in [0.717, 1.165) is 44.9 Å². The van der Waals surface area contributed by atoms with E-state index >= 15 is 0 Å².